The zero-order valence-corrected chi connectivity index (χ0v) is 23.4. The highest BCUT2D eigenvalue weighted by atomic mass is 32.2. The topological polar surface area (TPSA) is 77.8 Å². The van der Waals surface area contributed by atoms with Crippen molar-refractivity contribution in [2.75, 3.05) is 23.7 Å². The molecule has 5 rings (SSSR count). The van der Waals surface area contributed by atoms with E-state index in [1.807, 2.05) is 0 Å². The Kier molecular flexibility index (Phi) is 7.76. The minimum Gasteiger partial charge on any atom is -0.488 e. The molecule has 0 atom stereocenters. The number of anilines is 1. The van der Waals surface area contributed by atoms with Crippen LogP contribution in [-0.2, 0) is 27.5 Å². The molecule has 220 valence electrons. The molecule has 0 amide bonds. The molecule has 1 saturated heterocycles. The van der Waals surface area contributed by atoms with Crippen molar-refractivity contribution in [1.82, 2.24) is 4.57 Å². The van der Waals surface area contributed by atoms with E-state index in [0.717, 1.165) is 12.1 Å². The lowest BCUT2D eigenvalue weighted by atomic mass is 10.1. The molecule has 7 nitrogen and oxygen atoms in total. The number of hydrogen-bond acceptors (Lipinski definition) is 5. The van der Waals surface area contributed by atoms with E-state index in [1.54, 1.807) is 29.7 Å². The van der Waals surface area contributed by atoms with Gasteiger partial charge in [-0.05, 0) is 79.6 Å². The third-order valence-electron chi connectivity index (χ3n) is 6.94. The first kappa shape index (κ1) is 29.2. The number of aromatic nitrogens is 1. The van der Waals surface area contributed by atoms with Crippen LogP contribution in [0.2, 0.25) is 0 Å². The molecule has 0 N–H and O–H groups in total. The van der Waals surface area contributed by atoms with Crippen molar-refractivity contribution in [3.05, 3.63) is 101 Å². The molecule has 0 unspecified atom stereocenters. The van der Waals surface area contributed by atoms with Crippen molar-refractivity contribution in [2.24, 2.45) is 0 Å². The van der Waals surface area contributed by atoms with E-state index in [0.29, 0.717) is 29.1 Å². The van der Waals surface area contributed by atoms with Crippen LogP contribution >= 0.6 is 0 Å². The Labute approximate surface area is 240 Å². The summed E-state index contributed by atoms with van der Waals surface area (Å²) in [4.78, 5) is 12.6. The number of carbonyl (C=O) groups is 1. The summed E-state index contributed by atoms with van der Waals surface area (Å²) in [6.07, 6.45) is -4.23. The average molecular weight is 603 g/mol. The Hall–Kier alpha value is -4.32. The lowest BCUT2D eigenvalue weighted by Crippen LogP contribution is -2.25. The van der Waals surface area contributed by atoms with Gasteiger partial charge >= 0.3 is 12.1 Å². The van der Waals surface area contributed by atoms with E-state index in [4.69, 9.17) is 9.47 Å². The Bertz CT molecular complexity index is 1750. The van der Waals surface area contributed by atoms with Crippen LogP contribution in [0.5, 0.6) is 5.75 Å². The van der Waals surface area contributed by atoms with Gasteiger partial charge in [-0.25, -0.2) is 17.6 Å². The van der Waals surface area contributed by atoms with Gasteiger partial charge in [-0.1, -0.05) is 12.1 Å². The molecular formula is C30H26F4N2O5S. The summed E-state index contributed by atoms with van der Waals surface area (Å²) < 4.78 is 93.9. The number of methoxy groups -OCH3 is 1. The molecule has 12 heteroatoms. The van der Waals surface area contributed by atoms with Crippen LogP contribution in [0.3, 0.4) is 0 Å². The number of ether oxygens (including phenoxy) is 2. The molecule has 4 aromatic rings. The van der Waals surface area contributed by atoms with E-state index in [-0.39, 0.29) is 41.5 Å². The maximum Gasteiger partial charge on any atom is 0.416 e. The predicted octanol–water partition coefficient (Wildman–Crippen LogP) is 6.52. The van der Waals surface area contributed by atoms with Gasteiger partial charge in [-0.15, -0.1) is 0 Å². The number of sulfonamides is 1. The third kappa shape index (κ3) is 5.85. The Morgan fingerprint density at radius 1 is 0.952 bits per heavy atom. The number of halogens is 4. The molecule has 1 aromatic heterocycles. The van der Waals surface area contributed by atoms with Gasteiger partial charge in [0.2, 0.25) is 10.0 Å². The highest BCUT2D eigenvalue weighted by molar-refractivity contribution is 7.93. The maximum atomic E-state index is 13.8. The summed E-state index contributed by atoms with van der Waals surface area (Å²) in [6.45, 7) is 1.92. The Morgan fingerprint density at radius 3 is 2.31 bits per heavy atom. The van der Waals surface area contributed by atoms with Crippen LogP contribution in [0.15, 0.2) is 72.8 Å². The first-order chi connectivity index (χ1) is 19.9. The Morgan fingerprint density at radius 2 is 1.67 bits per heavy atom. The molecule has 1 aliphatic rings. The van der Waals surface area contributed by atoms with E-state index in [2.05, 4.69) is 0 Å². The van der Waals surface area contributed by atoms with Crippen LogP contribution in [0.1, 0.15) is 33.6 Å². The zero-order chi connectivity index (χ0) is 30.2. The summed E-state index contributed by atoms with van der Waals surface area (Å²) >= 11 is 0. The van der Waals surface area contributed by atoms with Gasteiger partial charge in [0.1, 0.15) is 18.2 Å². The monoisotopic (exact) mass is 602 g/mol. The smallest absolute Gasteiger partial charge is 0.416 e. The molecule has 0 saturated carbocycles. The van der Waals surface area contributed by atoms with Crippen LogP contribution in [-0.4, -0.2) is 38.4 Å². The van der Waals surface area contributed by atoms with Gasteiger partial charge in [0, 0.05) is 23.5 Å². The largest absolute Gasteiger partial charge is 0.488 e. The number of carbonyl (C=O) groups excluding carboxylic acids is 1. The molecule has 42 heavy (non-hydrogen) atoms. The number of rotatable bonds is 7. The van der Waals surface area contributed by atoms with Crippen LogP contribution in [0.25, 0.3) is 16.9 Å². The molecule has 1 aliphatic heterocycles. The molecule has 0 radical (unpaired) electrons. The van der Waals surface area contributed by atoms with Gasteiger partial charge in [-0.2, -0.15) is 13.2 Å². The summed E-state index contributed by atoms with van der Waals surface area (Å²) in [7, 11) is -2.41. The number of benzene rings is 3. The van der Waals surface area contributed by atoms with Crippen LogP contribution in [0, 0.1) is 12.7 Å². The fourth-order valence-electron chi connectivity index (χ4n) is 4.90. The van der Waals surface area contributed by atoms with Crippen molar-refractivity contribution in [3.8, 4) is 22.7 Å². The van der Waals surface area contributed by atoms with Crippen molar-refractivity contribution >= 4 is 21.7 Å². The van der Waals surface area contributed by atoms with E-state index < -0.39 is 33.5 Å². The van der Waals surface area contributed by atoms with Gasteiger partial charge in [0.25, 0.3) is 0 Å². The molecule has 0 bridgehead atoms. The van der Waals surface area contributed by atoms with E-state index >= 15 is 0 Å². The van der Waals surface area contributed by atoms with E-state index in [9.17, 15) is 30.8 Å². The summed E-state index contributed by atoms with van der Waals surface area (Å²) in [5.74, 6) is -1.04. The quantitative estimate of drug-likeness (QED) is 0.178. The van der Waals surface area contributed by atoms with Crippen molar-refractivity contribution in [3.63, 3.8) is 0 Å². The highest BCUT2D eigenvalue weighted by Crippen LogP contribution is 2.40. The number of esters is 1. The molecule has 0 aliphatic carbocycles. The SMILES string of the molecule is COC(=O)c1cc(N2CCCS2(=O)=O)cc(-n2c(C)ccc2-c2cc(C(F)(F)F)ccc2OCc2ccc(F)cc2)c1. The first-order valence-corrected chi connectivity index (χ1v) is 14.5. The second kappa shape index (κ2) is 11.2. The molecule has 1 fully saturated rings. The number of aryl methyl sites for hydroxylation is 1. The van der Waals surface area contributed by atoms with Crippen molar-refractivity contribution in [1.29, 1.82) is 0 Å². The fourth-order valence-corrected chi connectivity index (χ4v) is 6.45. The minimum atomic E-state index is -4.64. The lowest BCUT2D eigenvalue weighted by Gasteiger charge is -2.21. The van der Waals surface area contributed by atoms with Gasteiger partial charge in [0.05, 0.1) is 35.4 Å². The van der Waals surface area contributed by atoms with Crippen molar-refractivity contribution in [2.45, 2.75) is 26.1 Å². The molecule has 3 aromatic carbocycles. The Balaban J connectivity index is 1.66. The average Bonchev–Trinajstić information content (AvgIpc) is 3.52. The first-order valence-electron chi connectivity index (χ1n) is 12.9. The second-order valence-electron chi connectivity index (χ2n) is 9.79. The zero-order valence-electron chi connectivity index (χ0n) is 22.6. The maximum absolute atomic E-state index is 13.8. The van der Waals surface area contributed by atoms with Crippen LogP contribution < -0.4 is 9.04 Å². The molecule has 0 spiro atoms. The summed E-state index contributed by atoms with van der Waals surface area (Å²) in [5, 5.41) is 0. The van der Waals surface area contributed by atoms with Gasteiger partial charge in [0.15, 0.2) is 0 Å². The van der Waals surface area contributed by atoms with E-state index in [1.165, 1.54) is 53.9 Å². The summed E-state index contributed by atoms with van der Waals surface area (Å²) in [5.41, 5.74) is 1.38. The normalized spacial score (nSPS) is 14.7. The molecule has 2 heterocycles. The lowest BCUT2D eigenvalue weighted by molar-refractivity contribution is -0.137. The predicted molar refractivity (Wildman–Crippen MR) is 149 cm³/mol. The van der Waals surface area contributed by atoms with Crippen molar-refractivity contribution < 1.29 is 40.2 Å². The number of alkyl halides is 3. The standard InChI is InChI=1S/C30H26F4N2O5S/c1-19-4-10-27(26-16-22(30(32,33)34)7-11-28(26)41-18-20-5-8-23(31)9-6-20)36(19)25-15-21(29(37)40-2)14-24(17-25)35-12-3-13-42(35,38)39/h4-11,14-17H,3,12-13,18H2,1-2H3. The second-order valence-corrected chi connectivity index (χ2v) is 11.8. The number of hydrogen-bond donors (Lipinski definition) is 0. The summed E-state index contributed by atoms with van der Waals surface area (Å²) in [6, 6.07) is 16.4. The highest BCUT2D eigenvalue weighted by Gasteiger charge is 2.33. The van der Waals surface area contributed by atoms with Gasteiger partial charge in [-0.3, -0.25) is 4.31 Å². The third-order valence-corrected chi connectivity index (χ3v) is 8.81. The van der Waals surface area contributed by atoms with Gasteiger partial charge < -0.3 is 14.0 Å². The fraction of sp³-hybridized carbons (Fsp3) is 0.233. The molecular weight excluding hydrogens is 576 g/mol. The minimum absolute atomic E-state index is 0.0346. The van der Waals surface area contributed by atoms with Crippen LogP contribution in [0.4, 0.5) is 23.2 Å². The number of nitrogens with zero attached hydrogens (tertiary/aromatic N) is 2.